The SMILES string of the molecule is CCCCCCn1ccc2ccc([N+](=O)[O-])cc21. The van der Waals surface area contributed by atoms with Crippen LogP contribution in [0.15, 0.2) is 30.5 Å². The van der Waals surface area contributed by atoms with Crippen LogP contribution >= 0.6 is 0 Å². The molecule has 0 N–H and O–H groups in total. The zero-order chi connectivity index (χ0) is 13.0. The van der Waals surface area contributed by atoms with E-state index < -0.39 is 0 Å². The van der Waals surface area contributed by atoms with Gasteiger partial charge in [-0.25, -0.2) is 0 Å². The smallest absolute Gasteiger partial charge is 0.271 e. The highest BCUT2D eigenvalue weighted by molar-refractivity contribution is 5.82. The van der Waals surface area contributed by atoms with E-state index in [1.54, 1.807) is 12.1 Å². The lowest BCUT2D eigenvalue weighted by Crippen LogP contribution is -1.96. The summed E-state index contributed by atoms with van der Waals surface area (Å²) in [7, 11) is 0. The van der Waals surface area contributed by atoms with Gasteiger partial charge in [-0.3, -0.25) is 10.1 Å². The molecule has 4 nitrogen and oxygen atoms in total. The molecule has 0 aliphatic rings. The summed E-state index contributed by atoms with van der Waals surface area (Å²) in [5.41, 5.74) is 1.12. The maximum atomic E-state index is 10.8. The van der Waals surface area contributed by atoms with Crippen LogP contribution in [0.4, 0.5) is 5.69 Å². The molecule has 0 radical (unpaired) electrons. The number of fused-ring (bicyclic) bond motifs is 1. The van der Waals surface area contributed by atoms with Crippen LogP contribution in [0.25, 0.3) is 10.9 Å². The van der Waals surface area contributed by atoms with Gasteiger partial charge in [0.25, 0.3) is 5.69 Å². The van der Waals surface area contributed by atoms with Crippen LogP contribution < -0.4 is 0 Å². The Labute approximate surface area is 106 Å². The van der Waals surface area contributed by atoms with E-state index in [9.17, 15) is 10.1 Å². The normalized spacial score (nSPS) is 10.9. The van der Waals surface area contributed by atoms with Crippen molar-refractivity contribution in [3.05, 3.63) is 40.6 Å². The van der Waals surface area contributed by atoms with Gasteiger partial charge in [-0.1, -0.05) is 26.2 Å². The Kier molecular flexibility index (Phi) is 3.97. The molecular formula is C14H18N2O2. The third-order valence-corrected chi connectivity index (χ3v) is 3.22. The summed E-state index contributed by atoms with van der Waals surface area (Å²) >= 11 is 0. The van der Waals surface area contributed by atoms with E-state index in [2.05, 4.69) is 11.5 Å². The van der Waals surface area contributed by atoms with E-state index in [4.69, 9.17) is 0 Å². The first-order chi connectivity index (χ1) is 8.72. The molecule has 0 amide bonds. The number of rotatable bonds is 6. The summed E-state index contributed by atoms with van der Waals surface area (Å²) < 4.78 is 2.11. The van der Waals surface area contributed by atoms with E-state index in [0.717, 1.165) is 23.9 Å². The summed E-state index contributed by atoms with van der Waals surface area (Å²) in [5.74, 6) is 0. The van der Waals surface area contributed by atoms with Crippen LogP contribution in [-0.2, 0) is 6.54 Å². The van der Waals surface area contributed by atoms with Crippen molar-refractivity contribution >= 4 is 16.6 Å². The molecule has 1 aromatic heterocycles. The molecular weight excluding hydrogens is 228 g/mol. The molecule has 18 heavy (non-hydrogen) atoms. The summed E-state index contributed by atoms with van der Waals surface area (Å²) in [5, 5.41) is 11.8. The number of non-ortho nitro benzene ring substituents is 1. The van der Waals surface area contributed by atoms with Crippen molar-refractivity contribution in [1.82, 2.24) is 4.57 Å². The largest absolute Gasteiger partial charge is 0.347 e. The minimum Gasteiger partial charge on any atom is -0.347 e. The average molecular weight is 246 g/mol. The number of nitro benzene ring substituents is 1. The number of aromatic nitrogens is 1. The van der Waals surface area contributed by atoms with Crippen molar-refractivity contribution in [2.75, 3.05) is 0 Å². The lowest BCUT2D eigenvalue weighted by Gasteiger charge is -2.04. The minimum atomic E-state index is -0.339. The van der Waals surface area contributed by atoms with Gasteiger partial charge in [0.2, 0.25) is 0 Å². The predicted molar refractivity (Wildman–Crippen MR) is 72.7 cm³/mol. The summed E-state index contributed by atoms with van der Waals surface area (Å²) in [4.78, 5) is 10.4. The Morgan fingerprint density at radius 3 is 2.78 bits per heavy atom. The zero-order valence-electron chi connectivity index (χ0n) is 10.6. The summed E-state index contributed by atoms with van der Waals surface area (Å²) in [6.07, 6.45) is 6.82. The molecule has 0 unspecified atom stereocenters. The monoisotopic (exact) mass is 246 g/mol. The van der Waals surface area contributed by atoms with Crippen LogP contribution in [0.2, 0.25) is 0 Å². The number of benzene rings is 1. The number of nitrogens with zero attached hydrogens (tertiary/aromatic N) is 2. The van der Waals surface area contributed by atoms with Gasteiger partial charge in [-0.2, -0.15) is 0 Å². The maximum absolute atomic E-state index is 10.8. The molecule has 4 heteroatoms. The van der Waals surface area contributed by atoms with Gasteiger partial charge < -0.3 is 4.57 Å². The van der Waals surface area contributed by atoms with E-state index in [1.165, 1.54) is 19.3 Å². The number of hydrogen-bond donors (Lipinski definition) is 0. The Morgan fingerprint density at radius 1 is 1.22 bits per heavy atom. The zero-order valence-corrected chi connectivity index (χ0v) is 10.6. The third kappa shape index (κ3) is 2.70. The van der Waals surface area contributed by atoms with Gasteiger partial charge in [-0.05, 0) is 18.6 Å². The van der Waals surface area contributed by atoms with Crippen LogP contribution in [-0.4, -0.2) is 9.49 Å². The molecule has 2 aromatic rings. The quantitative estimate of drug-likeness (QED) is 0.437. The molecule has 0 saturated heterocycles. The molecule has 0 saturated carbocycles. The number of nitro groups is 1. The molecule has 2 rings (SSSR count). The predicted octanol–water partition coefficient (Wildman–Crippen LogP) is 4.13. The second-order valence-corrected chi connectivity index (χ2v) is 4.57. The molecule has 96 valence electrons. The Morgan fingerprint density at radius 2 is 2.06 bits per heavy atom. The van der Waals surface area contributed by atoms with Crippen molar-refractivity contribution in [3.63, 3.8) is 0 Å². The van der Waals surface area contributed by atoms with Gasteiger partial charge in [0.1, 0.15) is 0 Å². The first kappa shape index (κ1) is 12.6. The molecule has 1 heterocycles. The second-order valence-electron chi connectivity index (χ2n) is 4.57. The topological polar surface area (TPSA) is 48.1 Å². The van der Waals surface area contributed by atoms with Gasteiger partial charge in [-0.15, -0.1) is 0 Å². The van der Waals surface area contributed by atoms with E-state index in [1.807, 2.05) is 18.3 Å². The average Bonchev–Trinajstić information content (AvgIpc) is 2.77. The van der Waals surface area contributed by atoms with Crippen molar-refractivity contribution in [1.29, 1.82) is 0 Å². The lowest BCUT2D eigenvalue weighted by atomic mass is 10.2. The fourth-order valence-electron chi connectivity index (χ4n) is 2.19. The lowest BCUT2D eigenvalue weighted by molar-refractivity contribution is -0.384. The molecule has 1 aromatic carbocycles. The fraction of sp³-hybridized carbons (Fsp3) is 0.429. The number of aryl methyl sites for hydroxylation is 1. The molecule has 0 fully saturated rings. The highest BCUT2D eigenvalue weighted by atomic mass is 16.6. The van der Waals surface area contributed by atoms with Crippen molar-refractivity contribution < 1.29 is 4.92 Å². The van der Waals surface area contributed by atoms with E-state index >= 15 is 0 Å². The number of hydrogen-bond acceptors (Lipinski definition) is 2. The fourth-order valence-corrected chi connectivity index (χ4v) is 2.19. The highest BCUT2D eigenvalue weighted by Crippen LogP contribution is 2.22. The van der Waals surface area contributed by atoms with Gasteiger partial charge in [0.15, 0.2) is 0 Å². The standard InChI is InChI=1S/C14H18N2O2/c1-2-3-4-5-9-15-10-8-12-6-7-13(16(17)18)11-14(12)15/h6-8,10-11H,2-5,9H2,1H3. The molecule has 0 aliphatic heterocycles. The van der Waals surface area contributed by atoms with Crippen LogP contribution in [0, 0.1) is 10.1 Å². The van der Waals surface area contributed by atoms with Gasteiger partial charge >= 0.3 is 0 Å². The van der Waals surface area contributed by atoms with E-state index in [-0.39, 0.29) is 10.6 Å². The highest BCUT2D eigenvalue weighted by Gasteiger charge is 2.08. The Hall–Kier alpha value is -1.84. The first-order valence-corrected chi connectivity index (χ1v) is 6.45. The maximum Gasteiger partial charge on any atom is 0.271 e. The van der Waals surface area contributed by atoms with Crippen molar-refractivity contribution in [2.45, 2.75) is 39.2 Å². The van der Waals surface area contributed by atoms with Crippen molar-refractivity contribution in [3.8, 4) is 0 Å². The molecule has 0 aliphatic carbocycles. The Balaban J connectivity index is 2.17. The first-order valence-electron chi connectivity index (χ1n) is 6.45. The molecule has 0 spiro atoms. The second kappa shape index (κ2) is 5.67. The summed E-state index contributed by atoms with van der Waals surface area (Å²) in [6, 6.07) is 7.05. The Bertz CT molecular complexity index is 546. The van der Waals surface area contributed by atoms with Gasteiger partial charge in [0.05, 0.1) is 10.4 Å². The van der Waals surface area contributed by atoms with Crippen LogP contribution in [0.1, 0.15) is 32.6 Å². The number of unbranched alkanes of at least 4 members (excludes halogenated alkanes) is 3. The van der Waals surface area contributed by atoms with Crippen LogP contribution in [0.3, 0.4) is 0 Å². The van der Waals surface area contributed by atoms with E-state index in [0.29, 0.717) is 0 Å². The third-order valence-electron chi connectivity index (χ3n) is 3.22. The summed E-state index contributed by atoms with van der Waals surface area (Å²) in [6.45, 7) is 3.12. The minimum absolute atomic E-state index is 0.163. The van der Waals surface area contributed by atoms with Crippen molar-refractivity contribution in [2.24, 2.45) is 0 Å². The molecule has 0 bridgehead atoms. The molecule has 0 atom stereocenters. The van der Waals surface area contributed by atoms with Crippen LogP contribution in [0.5, 0.6) is 0 Å². The van der Waals surface area contributed by atoms with Gasteiger partial charge in [0, 0.05) is 30.3 Å².